The molecule has 5 nitrogen and oxygen atoms in total. The second kappa shape index (κ2) is 23.8. The van der Waals surface area contributed by atoms with Gasteiger partial charge in [-0.3, -0.25) is 0 Å². The van der Waals surface area contributed by atoms with E-state index in [9.17, 15) is 15.0 Å². The summed E-state index contributed by atoms with van der Waals surface area (Å²) >= 11 is 0. The third-order valence-corrected chi connectivity index (χ3v) is 8.52. The van der Waals surface area contributed by atoms with E-state index < -0.39 is 5.97 Å². The van der Waals surface area contributed by atoms with Crippen LogP contribution in [0, 0.1) is 17.8 Å². The Morgan fingerprint density at radius 1 is 0.787 bits per heavy atom. The van der Waals surface area contributed by atoms with Crippen LogP contribution in [0.3, 0.4) is 0 Å². The van der Waals surface area contributed by atoms with Crippen molar-refractivity contribution in [2.75, 3.05) is 0 Å². The number of carboxylic acids is 1. The van der Waals surface area contributed by atoms with Gasteiger partial charge in [-0.1, -0.05) is 127 Å². The fourth-order valence-corrected chi connectivity index (χ4v) is 5.70. The molecule has 5 unspecified atom stereocenters. The number of aromatic carboxylic acids is 1. The minimum atomic E-state index is -1.06. The first-order valence-electron chi connectivity index (χ1n) is 18.4. The molecular formula is C42H66O5. The fourth-order valence-electron chi connectivity index (χ4n) is 5.70. The molecule has 1 aliphatic rings. The van der Waals surface area contributed by atoms with E-state index in [1.807, 2.05) is 104 Å². The molecule has 0 saturated heterocycles. The Balaban J connectivity index is 0.00000246. The first-order valence-corrected chi connectivity index (χ1v) is 18.4. The van der Waals surface area contributed by atoms with Crippen molar-refractivity contribution in [1.82, 2.24) is 0 Å². The molecule has 1 aliphatic carbocycles. The predicted octanol–water partition coefficient (Wildman–Crippen LogP) is 12.9. The van der Waals surface area contributed by atoms with Crippen LogP contribution in [0.15, 0.2) is 60.7 Å². The third-order valence-electron chi connectivity index (χ3n) is 8.52. The predicted molar refractivity (Wildman–Crippen MR) is 202 cm³/mol. The van der Waals surface area contributed by atoms with Gasteiger partial charge in [0.1, 0.15) is 29.5 Å². The van der Waals surface area contributed by atoms with E-state index in [0.717, 1.165) is 25.7 Å². The molecule has 2 N–H and O–H groups in total. The number of carbonyl (C=O) groups is 1. The lowest BCUT2D eigenvalue weighted by Crippen LogP contribution is -2.33. The molecule has 47 heavy (non-hydrogen) atoms. The molecule has 0 bridgehead atoms. The van der Waals surface area contributed by atoms with E-state index in [1.54, 1.807) is 0 Å². The van der Waals surface area contributed by atoms with Crippen LogP contribution in [0.5, 0.6) is 17.2 Å². The number of ether oxygens (including phenoxy) is 2. The summed E-state index contributed by atoms with van der Waals surface area (Å²) in [5.41, 5.74) is 2.40. The molecule has 5 heteroatoms. The smallest absolute Gasteiger partial charge is 0.336 e. The van der Waals surface area contributed by atoms with Crippen LogP contribution in [0.25, 0.3) is 22.3 Å². The minimum Gasteiger partial charge on any atom is -0.508 e. The number of aromatic hydroxyl groups is 1. The summed E-state index contributed by atoms with van der Waals surface area (Å²) in [5, 5.41) is 21.1. The van der Waals surface area contributed by atoms with Gasteiger partial charge in [-0.05, 0) is 84.5 Å². The van der Waals surface area contributed by atoms with Gasteiger partial charge in [0.25, 0.3) is 0 Å². The van der Waals surface area contributed by atoms with Crippen LogP contribution in [0.1, 0.15) is 132 Å². The van der Waals surface area contributed by atoms with Crippen LogP contribution in [0.4, 0.5) is 0 Å². The van der Waals surface area contributed by atoms with Gasteiger partial charge in [0.15, 0.2) is 0 Å². The van der Waals surface area contributed by atoms with Crippen molar-refractivity contribution >= 4 is 5.97 Å². The zero-order valence-electron chi connectivity index (χ0n) is 31.8. The second-order valence-electron chi connectivity index (χ2n) is 11.2. The molecule has 0 aromatic heterocycles. The molecule has 0 radical (unpaired) electrons. The fraction of sp³-hybridized carbons (Fsp3) is 0.548. The molecule has 0 aliphatic heterocycles. The Morgan fingerprint density at radius 2 is 1.30 bits per heavy atom. The van der Waals surface area contributed by atoms with Crippen LogP contribution in [-0.4, -0.2) is 28.4 Å². The van der Waals surface area contributed by atoms with Gasteiger partial charge >= 0.3 is 5.97 Å². The highest BCUT2D eigenvalue weighted by atomic mass is 16.5. The topological polar surface area (TPSA) is 76.0 Å². The Labute approximate surface area is 287 Å². The SMILES string of the molecule is CC.CC.CC.CC.CCC(C)C(CC)Oc1cccc(-c2cc(O)cc(-c3cccc(OC4CCCC(C)C4C)c3)c2C(=O)O)c1. The van der Waals surface area contributed by atoms with Gasteiger partial charge in [0, 0.05) is 11.1 Å². The highest BCUT2D eigenvalue weighted by molar-refractivity contribution is 6.03. The summed E-state index contributed by atoms with van der Waals surface area (Å²) in [6.07, 6.45) is 5.48. The van der Waals surface area contributed by atoms with Gasteiger partial charge in [-0.25, -0.2) is 4.79 Å². The van der Waals surface area contributed by atoms with Crippen molar-refractivity contribution in [3.63, 3.8) is 0 Å². The highest BCUT2D eigenvalue weighted by Gasteiger charge is 2.29. The van der Waals surface area contributed by atoms with Crippen molar-refractivity contribution in [3.8, 4) is 39.5 Å². The molecule has 0 spiro atoms. The van der Waals surface area contributed by atoms with E-state index in [2.05, 4.69) is 34.6 Å². The maximum atomic E-state index is 12.7. The van der Waals surface area contributed by atoms with Crippen LogP contribution in [0.2, 0.25) is 0 Å². The summed E-state index contributed by atoms with van der Waals surface area (Å²) in [6, 6.07) is 18.1. The Morgan fingerprint density at radius 3 is 1.79 bits per heavy atom. The maximum absolute atomic E-state index is 12.7. The van der Waals surface area contributed by atoms with E-state index in [-0.39, 0.29) is 23.5 Å². The van der Waals surface area contributed by atoms with E-state index in [1.165, 1.54) is 18.6 Å². The maximum Gasteiger partial charge on any atom is 0.336 e. The third kappa shape index (κ3) is 12.6. The number of phenolic OH excluding ortho intramolecular Hbond substituents is 1. The molecular weight excluding hydrogens is 584 g/mol. The largest absolute Gasteiger partial charge is 0.508 e. The van der Waals surface area contributed by atoms with Crippen molar-refractivity contribution in [3.05, 3.63) is 66.2 Å². The van der Waals surface area contributed by atoms with Gasteiger partial charge in [0.2, 0.25) is 0 Å². The zero-order valence-corrected chi connectivity index (χ0v) is 31.8. The molecule has 264 valence electrons. The molecule has 0 amide bonds. The number of carboxylic acid groups (broad SMARTS) is 1. The number of hydrogen-bond donors (Lipinski definition) is 2. The molecule has 5 atom stereocenters. The van der Waals surface area contributed by atoms with Gasteiger partial charge in [0.05, 0.1) is 5.56 Å². The van der Waals surface area contributed by atoms with Gasteiger partial charge in [-0.2, -0.15) is 0 Å². The zero-order chi connectivity index (χ0) is 36.1. The molecule has 1 fully saturated rings. The van der Waals surface area contributed by atoms with Crippen molar-refractivity contribution in [1.29, 1.82) is 0 Å². The number of rotatable bonds is 10. The lowest BCUT2D eigenvalue weighted by atomic mass is 9.79. The van der Waals surface area contributed by atoms with E-state index in [4.69, 9.17) is 9.47 Å². The quantitative estimate of drug-likeness (QED) is 0.228. The number of phenols is 1. The van der Waals surface area contributed by atoms with Crippen LogP contribution in [-0.2, 0) is 0 Å². The van der Waals surface area contributed by atoms with Gasteiger partial charge in [-0.15, -0.1) is 0 Å². The summed E-state index contributed by atoms with van der Waals surface area (Å²) < 4.78 is 12.7. The lowest BCUT2D eigenvalue weighted by molar-refractivity contribution is 0.0690. The molecule has 0 heterocycles. The Kier molecular flexibility index (Phi) is 22.0. The van der Waals surface area contributed by atoms with Gasteiger partial charge < -0.3 is 19.7 Å². The molecule has 1 saturated carbocycles. The normalized spacial score (nSPS) is 17.7. The van der Waals surface area contributed by atoms with Crippen molar-refractivity contribution < 1.29 is 24.5 Å². The van der Waals surface area contributed by atoms with Crippen molar-refractivity contribution in [2.24, 2.45) is 17.8 Å². The number of hydrogen-bond acceptors (Lipinski definition) is 4. The molecule has 3 aromatic carbocycles. The summed E-state index contributed by atoms with van der Waals surface area (Å²) in [5.74, 6) is 1.80. The summed E-state index contributed by atoms with van der Waals surface area (Å²) in [7, 11) is 0. The standard InChI is InChI=1S/C34H42O5.4C2H6/c1-6-21(3)31(7-2)38-27-14-9-12-24(17-27)29-19-26(35)20-30(33(29)34(36)37)25-13-10-15-28(18-25)39-32-16-8-11-22(4)23(32)5;4*1-2/h9-10,12-15,17-23,31-32,35H,6-8,11,16H2,1-5H3,(H,36,37);4*1-2H3. The van der Waals surface area contributed by atoms with E-state index >= 15 is 0 Å². The average molecular weight is 651 g/mol. The lowest BCUT2D eigenvalue weighted by Gasteiger charge is -2.34. The summed E-state index contributed by atoms with van der Waals surface area (Å²) in [4.78, 5) is 12.7. The minimum absolute atomic E-state index is 0.00316. The first kappa shape index (κ1) is 43.5. The average Bonchev–Trinajstić information content (AvgIpc) is 3.12. The van der Waals surface area contributed by atoms with Crippen LogP contribution >= 0.6 is 0 Å². The Hall–Kier alpha value is -3.47. The number of benzene rings is 3. The Bertz CT molecular complexity index is 1280. The molecule has 4 rings (SSSR count). The van der Waals surface area contributed by atoms with E-state index in [0.29, 0.717) is 51.5 Å². The highest BCUT2D eigenvalue weighted by Crippen LogP contribution is 2.39. The monoisotopic (exact) mass is 650 g/mol. The molecule has 3 aromatic rings. The summed E-state index contributed by atoms with van der Waals surface area (Å²) in [6.45, 7) is 27.0. The first-order chi connectivity index (χ1) is 22.7. The van der Waals surface area contributed by atoms with Crippen molar-refractivity contribution in [2.45, 2.75) is 134 Å². The van der Waals surface area contributed by atoms with Crippen LogP contribution < -0.4 is 9.47 Å². The second-order valence-corrected chi connectivity index (χ2v) is 11.2.